The van der Waals surface area contributed by atoms with Gasteiger partial charge in [0.15, 0.2) is 0 Å². The van der Waals surface area contributed by atoms with E-state index in [9.17, 15) is 19.1 Å². The summed E-state index contributed by atoms with van der Waals surface area (Å²) in [6, 6.07) is 4.59. The number of rotatable bonds is 3. The number of anilines is 1. The number of carbonyl (C=O) groups is 2. The minimum atomic E-state index is -0.984. The van der Waals surface area contributed by atoms with E-state index >= 15 is 0 Å². The van der Waals surface area contributed by atoms with Gasteiger partial charge in [0.2, 0.25) is 5.91 Å². The average Bonchev–Trinajstić information content (AvgIpc) is 2.61. The molecule has 7 nitrogen and oxygen atoms in total. The second-order valence-electron chi connectivity index (χ2n) is 7.44. The second-order valence-corrected chi connectivity index (χ2v) is 7.44. The molecular formula is C19H26FN3O4. The Balaban J connectivity index is 1.70. The van der Waals surface area contributed by atoms with E-state index in [0.717, 1.165) is 0 Å². The fourth-order valence-corrected chi connectivity index (χ4v) is 4.03. The number of piperidine rings is 1. The van der Waals surface area contributed by atoms with Gasteiger partial charge in [0, 0.05) is 31.3 Å². The minimum absolute atomic E-state index is 0.0160. The summed E-state index contributed by atoms with van der Waals surface area (Å²) in [7, 11) is 0. The number of halogens is 1. The number of nitrogen functional groups attached to an aromatic ring is 1. The molecule has 1 aromatic carbocycles. The first-order valence-corrected chi connectivity index (χ1v) is 9.24. The molecule has 2 fully saturated rings. The van der Waals surface area contributed by atoms with Crippen LogP contribution in [0.25, 0.3) is 0 Å². The van der Waals surface area contributed by atoms with E-state index in [4.69, 9.17) is 10.5 Å². The predicted octanol–water partition coefficient (Wildman–Crippen LogP) is 2.10. The molecule has 27 heavy (non-hydrogen) atoms. The van der Waals surface area contributed by atoms with Crippen LogP contribution in [0.4, 0.5) is 14.9 Å². The number of carboxylic acid groups (broad SMARTS) is 1. The maximum absolute atomic E-state index is 14.0. The van der Waals surface area contributed by atoms with E-state index in [-0.39, 0.29) is 24.4 Å². The molecule has 2 saturated heterocycles. The average molecular weight is 379 g/mol. The van der Waals surface area contributed by atoms with Crippen molar-refractivity contribution in [2.24, 2.45) is 0 Å². The zero-order chi connectivity index (χ0) is 19.6. The first-order chi connectivity index (χ1) is 12.8. The van der Waals surface area contributed by atoms with Crippen molar-refractivity contribution in [2.75, 3.05) is 31.9 Å². The van der Waals surface area contributed by atoms with Crippen LogP contribution in [-0.2, 0) is 16.0 Å². The number of likely N-dealkylation sites (tertiary alicyclic amines) is 1. The lowest BCUT2D eigenvalue weighted by molar-refractivity contribution is -0.173. The third kappa shape index (κ3) is 4.32. The molecular weight excluding hydrogens is 353 g/mol. The van der Waals surface area contributed by atoms with Crippen LogP contribution >= 0.6 is 0 Å². The highest BCUT2D eigenvalue weighted by Gasteiger charge is 2.44. The third-order valence-electron chi connectivity index (χ3n) is 5.58. The van der Waals surface area contributed by atoms with Crippen molar-refractivity contribution in [1.82, 2.24) is 9.80 Å². The molecule has 0 aromatic heterocycles. The number of hydrogen-bond donors (Lipinski definition) is 2. The Bertz CT molecular complexity index is 699. The maximum atomic E-state index is 14.0. The number of ether oxygens (including phenoxy) is 1. The molecule has 2 heterocycles. The van der Waals surface area contributed by atoms with Crippen LogP contribution in [0.5, 0.6) is 0 Å². The van der Waals surface area contributed by atoms with Gasteiger partial charge in [0.1, 0.15) is 5.82 Å². The smallest absolute Gasteiger partial charge is 0.407 e. The Hall–Kier alpha value is -2.35. The maximum Gasteiger partial charge on any atom is 0.407 e. The van der Waals surface area contributed by atoms with Gasteiger partial charge in [-0.15, -0.1) is 0 Å². The van der Waals surface area contributed by atoms with Crippen LogP contribution in [-0.4, -0.2) is 64.8 Å². The summed E-state index contributed by atoms with van der Waals surface area (Å²) >= 11 is 0. The number of morpholine rings is 1. The SMILES string of the molecule is CC(=O)N1CCC2(CC1)CN(C(=O)O)CC(CCc1c(N)cccc1F)O2. The summed E-state index contributed by atoms with van der Waals surface area (Å²) in [6.45, 7) is 3.19. The van der Waals surface area contributed by atoms with E-state index in [1.54, 1.807) is 17.0 Å². The molecule has 1 aromatic rings. The van der Waals surface area contributed by atoms with Crippen molar-refractivity contribution in [2.45, 2.75) is 44.3 Å². The lowest BCUT2D eigenvalue weighted by Crippen LogP contribution is -2.61. The van der Waals surface area contributed by atoms with Gasteiger partial charge < -0.3 is 25.4 Å². The van der Waals surface area contributed by atoms with Crippen molar-refractivity contribution in [3.05, 3.63) is 29.6 Å². The number of nitrogens with zero attached hydrogens (tertiary/aromatic N) is 2. The van der Waals surface area contributed by atoms with Crippen LogP contribution in [0.1, 0.15) is 31.7 Å². The highest BCUT2D eigenvalue weighted by atomic mass is 19.1. The summed E-state index contributed by atoms with van der Waals surface area (Å²) in [6.07, 6.45) is 0.725. The van der Waals surface area contributed by atoms with Crippen molar-refractivity contribution < 1.29 is 23.8 Å². The van der Waals surface area contributed by atoms with E-state index in [1.807, 2.05) is 0 Å². The Labute approximate surface area is 157 Å². The van der Waals surface area contributed by atoms with Gasteiger partial charge in [0.25, 0.3) is 0 Å². The lowest BCUT2D eigenvalue weighted by atomic mass is 9.88. The molecule has 1 spiro atoms. The molecule has 3 N–H and O–H groups in total. The third-order valence-corrected chi connectivity index (χ3v) is 5.58. The summed E-state index contributed by atoms with van der Waals surface area (Å²) in [4.78, 5) is 26.3. The van der Waals surface area contributed by atoms with Crippen LogP contribution in [0.2, 0.25) is 0 Å². The van der Waals surface area contributed by atoms with Crippen molar-refractivity contribution >= 4 is 17.7 Å². The second kappa shape index (κ2) is 7.72. The van der Waals surface area contributed by atoms with Gasteiger partial charge in [0.05, 0.1) is 24.8 Å². The van der Waals surface area contributed by atoms with Gasteiger partial charge in [-0.2, -0.15) is 0 Å². The van der Waals surface area contributed by atoms with Crippen LogP contribution in [0.3, 0.4) is 0 Å². The number of hydrogen-bond acceptors (Lipinski definition) is 4. The molecule has 1 atom stereocenters. The van der Waals surface area contributed by atoms with Crippen LogP contribution in [0, 0.1) is 5.82 Å². The van der Waals surface area contributed by atoms with Gasteiger partial charge >= 0.3 is 6.09 Å². The zero-order valence-corrected chi connectivity index (χ0v) is 15.5. The Morgan fingerprint density at radius 1 is 1.33 bits per heavy atom. The van der Waals surface area contributed by atoms with Gasteiger partial charge in [-0.1, -0.05) is 6.07 Å². The monoisotopic (exact) mass is 379 g/mol. The molecule has 0 saturated carbocycles. The first-order valence-electron chi connectivity index (χ1n) is 9.24. The first kappa shape index (κ1) is 19.4. The summed E-state index contributed by atoms with van der Waals surface area (Å²) < 4.78 is 20.3. The van der Waals surface area contributed by atoms with E-state index in [1.165, 1.54) is 17.9 Å². The standard InChI is InChI=1S/C19H26FN3O4/c1-13(24)22-9-7-19(8-10-22)12-23(18(25)26)11-14(27-19)5-6-15-16(20)3-2-4-17(15)21/h2-4,14H,5-12,21H2,1H3,(H,25,26). The van der Waals surface area contributed by atoms with E-state index in [0.29, 0.717) is 56.6 Å². The minimum Gasteiger partial charge on any atom is -0.465 e. The fraction of sp³-hybridized carbons (Fsp3) is 0.579. The van der Waals surface area contributed by atoms with E-state index in [2.05, 4.69) is 0 Å². The molecule has 1 unspecified atom stereocenters. The molecule has 2 amide bonds. The van der Waals surface area contributed by atoms with E-state index < -0.39 is 11.7 Å². The quantitative estimate of drug-likeness (QED) is 0.784. The molecule has 0 bridgehead atoms. The molecule has 2 aliphatic heterocycles. The fourth-order valence-electron chi connectivity index (χ4n) is 4.03. The van der Waals surface area contributed by atoms with Gasteiger partial charge in [-0.05, 0) is 37.8 Å². The molecule has 0 aliphatic carbocycles. The summed E-state index contributed by atoms with van der Waals surface area (Å²) in [5.74, 6) is -0.340. The highest BCUT2D eigenvalue weighted by molar-refractivity contribution is 5.73. The Kier molecular flexibility index (Phi) is 5.55. The predicted molar refractivity (Wildman–Crippen MR) is 97.8 cm³/mol. The number of benzene rings is 1. The topological polar surface area (TPSA) is 96.1 Å². The van der Waals surface area contributed by atoms with Crippen LogP contribution < -0.4 is 5.73 Å². The Morgan fingerprint density at radius 2 is 2.04 bits per heavy atom. The normalized spacial score (nSPS) is 22.1. The zero-order valence-electron chi connectivity index (χ0n) is 15.5. The highest BCUT2D eigenvalue weighted by Crippen LogP contribution is 2.34. The lowest BCUT2D eigenvalue weighted by Gasteiger charge is -2.49. The van der Waals surface area contributed by atoms with Crippen molar-refractivity contribution in [3.8, 4) is 0 Å². The Morgan fingerprint density at radius 3 is 2.63 bits per heavy atom. The summed E-state index contributed by atoms with van der Waals surface area (Å²) in [5.41, 5.74) is 6.11. The van der Waals surface area contributed by atoms with Crippen molar-refractivity contribution in [1.29, 1.82) is 0 Å². The van der Waals surface area contributed by atoms with Gasteiger partial charge in [-0.3, -0.25) is 4.79 Å². The molecule has 3 rings (SSSR count). The van der Waals surface area contributed by atoms with Crippen molar-refractivity contribution in [3.63, 3.8) is 0 Å². The number of amides is 2. The summed E-state index contributed by atoms with van der Waals surface area (Å²) in [5, 5.41) is 9.51. The molecule has 0 radical (unpaired) electrons. The molecule has 2 aliphatic rings. The van der Waals surface area contributed by atoms with Gasteiger partial charge in [-0.25, -0.2) is 9.18 Å². The molecule has 148 valence electrons. The molecule has 8 heteroatoms. The number of nitrogens with two attached hydrogens (primary N) is 1. The van der Waals surface area contributed by atoms with Crippen LogP contribution in [0.15, 0.2) is 18.2 Å². The largest absolute Gasteiger partial charge is 0.465 e. The number of carbonyl (C=O) groups excluding carboxylic acids is 1.